The number of anilines is 1. The molecule has 5 heteroatoms. The Morgan fingerprint density at radius 3 is 2.71 bits per heavy atom. The van der Waals surface area contributed by atoms with Crippen molar-refractivity contribution in [1.82, 2.24) is 0 Å². The molecule has 0 radical (unpaired) electrons. The maximum atomic E-state index is 13.1. The molecule has 1 atom stereocenters. The second-order valence-corrected chi connectivity index (χ2v) is 3.89. The number of ether oxygens (including phenoxy) is 1. The van der Waals surface area contributed by atoms with Crippen molar-refractivity contribution in [1.29, 1.82) is 0 Å². The fourth-order valence-corrected chi connectivity index (χ4v) is 1.54. The third kappa shape index (κ3) is 3.42. The lowest BCUT2D eigenvalue weighted by molar-refractivity contribution is -0.142. The topological polar surface area (TPSA) is 49.8 Å². The molecule has 0 bridgehead atoms. The Morgan fingerprint density at radius 2 is 2.18 bits per heavy atom. The smallest absolute Gasteiger partial charge is 0.308 e. The van der Waals surface area contributed by atoms with Gasteiger partial charge in [0.2, 0.25) is 0 Å². The highest BCUT2D eigenvalue weighted by molar-refractivity contribution is 5.70. The zero-order valence-corrected chi connectivity index (χ0v) is 10.1. The molecule has 0 aliphatic rings. The van der Waals surface area contributed by atoms with Crippen LogP contribution in [-0.4, -0.2) is 32.3 Å². The van der Waals surface area contributed by atoms with Gasteiger partial charge in [0.1, 0.15) is 5.82 Å². The first-order chi connectivity index (χ1) is 7.95. The van der Waals surface area contributed by atoms with Crippen LogP contribution in [0.3, 0.4) is 0 Å². The van der Waals surface area contributed by atoms with Gasteiger partial charge in [-0.3, -0.25) is 4.79 Å². The summed E-state index contributed by atoms with van der Waals surface area (Å²) in [5.74, 6) is -0.894. The van der Waals surface area contributed by atoms with E-state index in [9.17, 15) is 14.3 Å². The van der Waals surface area contributed by atoms with E-state index in [0.717, 1.165) is 0 Å². The van der Waals surface area contributed by atoms with Gasteiger partial charge in [0, 0.05) is 25.3 Å². The number of esters is 1. The van der Waals surface area contributed by atoms with Gasteiger partial charge < -0.3 is 14.7 Å². The zero-order chi connectivity index (χ0) is 13.0. The summed E-state index contributed by atoms with van der Waals surface area (Å²) in [7, 11) is 4.73. The summed E-state index contributed by atoms with van der Waals surface area (Å²) in [5, 5.41) is 9.89. The maximum Gasteiger partial charge on any atom is 0.308 e. The van der Waals surface area contributed by atoms with Gasteiger partial charge in [-0.25, -0.2) is 4.39 Å². The quantitative estimate of drug-likeness (QED) is 0.811. The first-order valence-corrected chi connectivity index (χ1v) is 5.17. The summed E-state index contributed by atoms with van der Waals surface area (Å²) in [6.45, 7) is 0. The Labute approximate surface area is 99.6 Å². The van der Waals surface area contributed by atoms with E-state index < -0.39 is 12.1 Å². The van der Waals surface area contributed by atoms with Crippen molar-refractivity contribution in [2.75, 3.05) is 26.1 Å². The van der Waals surface area contributed by atoms with Crippen LogP contribution in [0.5, 0.6) is 0 Å². The number of rotatable bonds is 4. The first kappa shape index (κ1) is 13.4. The van der Waals surface area contributed by atoms with Gasteiger partial charge in [-0.05, 0) is 12.1 Å². The number of carbonyl (C=O) groups excluding carboxylic acids is 1. The van der Waals surface area contributed by atoms with Crippen molar-refractivity contribution >= 4 is 11.7 Å². The average molecular weight is 241 g/mol. The molecule has 1 N–H and O–H groups in total. The number of methoxy groups -OCH3 is 1. The van der Waals surface area contributed by atoms with E-state index in [0.29, 0.717) is 11.3 Å². The normalized spacial score (nSPS) is 12.1. The molecule has 0 aliphatic carbocycles. The SMILES string of the molecule is COC(=O)C[C@@H](O)c1ccc(F)cc1N(C)C. The van der Waals surface area contributed by atoms with Crippen molar-refractivity contribution in [2.45, 2.75) is 12.5 Å². The first-order valence-electron chi connectivity index (χ1n) is 5.17. The van der Waals surface area contributed by atoms with Gasteiger partial charge in [0.15, 0.2) is 0 Å². The predicted molar refractivity (Wildman–Crippen MR) is 62.3 cm³/mol. The number of hydrogen-bond donors (Lipinski definition) is 1. The van der Waals surface area contributed by atoms with Crippen molar-refractivity contribution in [2.24, 2.45) is 0 Å². The van der Waals surface area contributed by atoms with Gasteiger partial charge >= 0.3 is 5.97 Å². The molecule has 0 amide bonds. The van der Waals surface area contributed by atoms with Crippen LogP contribution in [0.4, 0.5) is 10.1 Å². The Hall–Kier alpha value is -1.62. The fraction of sp³-hybridized carbons (Fsp3) is 0.417. The highest BCUT2D eigenvalue weighted by Gasteiger charge is 2.18. The van der Waals surface area contributed by atoms with E-state index in [4.69, 9.17) is 0 Å². The second kappa shape index (κ2) is 5.63. The summed E-state index contributed by atoms with van der Waals surface area (Å²) < 4.78 is 17.6. The molecular weight excluding hydrogens is 225 g/mol. The van der Waals surface area contributed by atoms with Crippen molar-refractivity contribution in [3.8, 4) is 0 Å². The van der Waals surface area contributed by atoms with E-state index in [1.165, 1.54) is 25.3 Å². The molecular formula is C12H16FNO3. The summed E-state index contributed by atoms with van der Waals surface area (Å²) in [6, 6.07) is 4.04. The molecule has 0 aromatic heterocycles. The third-order valence-electron chi connectivity index (χ3n) is 2.42. The third-order valence-corrected chi connectivity index (χ3v) is 2.42. The molecule has 0 unspecified atom stereocenters. The summed E-state index contributed by atoms with van der Waals surface area (Å²) in [6.07, 6.45) is -1.15. The second-order valence-electron chi connectivity index (χ2n) is 3.89. The molecule has 0 fully saturated rings. The van der Waals surface area contributed by atoms with Crippen LogP contribution in [0.15, 0.2) is 18.2 Å². The van der Waals surface area contributed by atoms with Crippen LogP contribution in [0.2, 0.25) is 0 Å². The van der Waals surface area contributed by atoms with E-state index in [-0.39, 0.29) is 12.2 Å². The van der Waals surface area contributed by atoms with Crippen molar-refractivity contribution in [3.05, 3.63) is 29.6 Å². The number of hydrogen-bond acceptors (Lipinski definition) is 4. The molecule has 4 nitrogen and oxygen atoms in total. The Kier molecular flexibility index (Phi) is 4.45. The maximum absolute atomic E-state index is 13.1. The van der Waals surface area contributed by atoms with Gasteiger partial charge in [0.05, 0.1) is 19.6 Å². The number of halogens is 1. The van der Waals surface area contributed by atoms with E-state index in [2.05, 4.69) is 4.74 Å². The molecule has 1 rings (SSSR count). The largest absolute Gasteiger partial charge is 0.469 e. The molecule has 1 aromatic rings. The number of aliphatic hydroxyl groups is 1. The van der Waals surface area contributed by atoms with Crippen LogP contribution in [-0.2, 0) is 9.53 Å². The predicted octanol–water partition coefficient (Wildman–Crippen LogP) is 1.49. The number of nitrogens with zero attached hydrogens (tertiary/aromatic N) is 1. The van der Waals surface area contributed by atoms with Crippen molar-refractivity contribution in [3.63, 3.8) is 0 Å². The van der Waals surface area contributed by atoms with Crippen LogP contribution in [0, 0.1) is 5.82 Å². The molecule has 17 heavy (non-hydrogen) atoms. The van der Waals surface area contributed by atoms with Gasteiger partial charge in [-0.2, -0.15) is 0 Å². The standard InChI is InChI=1S/C12H16FNO3/c1-14(2)10-6-8(13)4-5-9(10)11(15)7-12(16)17-3/h4-6,11,15H,7H2,1-3H3/t11-/m1/s1. The Bertz CT molecular complexity index is 407. The van der Waals surface area contributed by atoms with Gasteiger partial charge in [-0.1, -0.05) is 6.07 Å². The van der Waals surface area contributed by atoms with Gasteiger partial charge in [0.25, 0.3) is 0 Å². The van der Waals surface area contributed by atoms with Crippen LogP contribution in [0.25, 0.3) is 0 Å². The molecule has 94 valence electrons. The molecule has 0 saturated heterocycles. The summed E-state index contributed by atoms with van der Waals surface area (Å²) >= 11 is 0. The Morgan fingerprint density at radius 1 is 1.53 bits per heavy atom. The number of aliphatic hydroxyl groups excluding tert-OH is 1. The molecule has 0 saturated carbocycles. The Balaban J connectivity index is 3.00. The summed E-state index contributed by atoms with van der Waals surface area (Å²) in [5.41, 5.74) is 1.04. The summed E-state index contributed by atoms with van der Waals surface area (Å²) in [4.78, 5) is 12.8. The van der Waals surface area contributed by atoms with E-state index >= 15 is 0 Å². The lowest BCUT2D eigenvalue weighted by Crippen LogP contribution is -2.15. The lowest BCUT2D eigenvalue weighted by Gasteiger charge is -2.20. The van der Waals surface area contributed by atoms with Crippen LogP contribution >= 0.6 is 0 Å². The fourth-order valence-electron chi connectivity index (χ4n) is 1.54. The van der Waals surface area contributed by atoms with E-state index in [1.54, 1.807) is 19.0 Å². The monoisotopic (exact) mass is 241 g/mol. The highest BCUT2D eigenvalue weighted by Crippen LogP contribution is 2.28. The minimum Gasteiger partial charge on any atom is -0.469 e. The highest BCUT2D eigenvalue weighted by atomic mass is 19.1. The van der Waals surface area contributed by atoms with Crippen LogP contribution in [0.1, 0.15) is 18.1 Å². The zero-order valence-electron chi connectivity index (χ0n) is 10.1. The van der Waals surface area contributed by atoms with Gasteiger partial charge in [-0.15, -0.1) is 0 Å². The molecule has 0 spiro atoms. The van der Waals surface area contributed by atoms with E-state index in [1.807, 2.05) is 0 Å². The molecule has 0 heterocycles. The minimum atomic E-state index is -1.000. The average Bonchev–Trinajstić information content (AvgIpc) is 2.28. The lowest BCUT2D eigenvalue weighted by atomic mass is 10.0. The molecule has 1 aromatic carbocycles. The minimum absolute atomic E-state index is 0.150. The molecule has 0 aliphatic heterocycles. The van der Waals surface area contributed by atoms with Crippen molar-refractivity contribution < 1.29 is 19.0 Å². The van der Waals surface area contributed by atoms with Crippen LogP contribution < -0.4 is 4.90 Å². The number of benzene rings is 1. The number of carbonyl (C=O) groups is 1.